The summed E-state index contributed by atoms with van der Waals surface area (Å²) in [5, 5.41) is 0. The maximum absolute atomic E-state index is 13.4. The lowest BCUT2D eigenvalue weighted by molar-refractivity contribution is 0.0708. The van der Waals surface area contributed by atoms with Gasteiger partial charge in [-0.1, -0.05) is 30.3 Å². The molecular weight excluding hydrogens is 464 g/mol. The molecule has 8 nitrogen and oxygen atoms in total. The fourth-order valence-corrected chi connectivity index (χ4v) is 5.45. The Morgan fingerprint density at radius 1 is 1.11 bits per heavy atom. The molecule has 2 aromatic heterocycles. The lowest BCUT2D eigenvalue weighted by Gasteiger charge is -2.30. The third-order valence-electron chi connectivity index (χ3n) is 7.52. The van der Waals surface area contributed by atoms with Crippen molar-refractivity contribution in [1.29, 1.82) is 0 Å². The monoisotopic (exact) mass is 498 g/mol. The zero-order valence-corrected chi connectivity index (χ0v) is 21.6. The van der Waals surface area contributed by atoms with E-state index in [1.807, 2.05) is 35.2 Å². The van der Waals surface area contributed by atoms with E-state index in [1.54, 1.807) is 7.11 Å². The van der Waals surface area contributed by atoms with Gasteiger partial charge in [0.25, 0.3) is 5.91 Å². The van der Waals surface area contributed by atoms with E-state index < -0.39 is 0 Å². The minimum absolute atomic E-state index is 0.0250. The summed E-state index contributed by atoms with van der Waals surface area (Å²) >= 11 is 0. The highest BCUT2D eigenvalue weighted by molar-refractivity contribution is 6.00. The van der Waals surface area contributed by atoms with Crippen LogP contribution >= 0.6 is 0 Å². The van der Waals surface area contributed by atoms with Gasteiger partial charge in [-0.25, -0.2) is 9.97 Å². The molecule has 0 spiro atoms. The largest absolute Gasteiger partial charge is 0.494 e. The van der Waals surface area contributed by atoms with Gasteiger partial charge in [0.2, 0.25) is 0 Å². The molecule has 1 aliphatic heterocycles. The molecule has 2 N–H and O–H groups in total. The van der Waals surface area contributed by atoms with Crippen LogP contribution in [0.2, 0.25) is 0 Å². The minimum atomic E-state index is -0.0250. The van der Waals surface area contributed by atoms with Gasteiger partial charge in [-0.3, -0.25) is 4.79 Å². The van der Waals surface area contributed by atoms with Crippen LogP contribution in [0.3, 0.4) is 0 Å². The third kappa shape index (κ3) is 4.50. The van der Waals surface area contributed by atoms with Gasteiger partial charge in [-0.2, -0.15) is 0 Å². The lowest BCUT2D eigenvalue weighted by atomic mass is 10.0. The van der Waals surface area contributed by atoms with E-state index in [0.29, 0.717) is 30.3 Å². The molecule has 1 saturated carbocycles. The molecular formula is C29H34N6O2. The van der Waals surface area contributed by atoms with Gasteiger partial charge in [0.1, 0.15) is 22.8 Å². The number of fused-ring (bicyclic) bond motifs is 1. The molecule has 4 aromatic rings. The first-order chi connectivity index (χ1) is 18.1. The van der Waals surface area contributed by atoms with E-state index in [4.69, 9.17) is 20.4 Å². The van der Waals surface area contributed by atoms with E-state index in [0.717, 1.165) is 59.9 Å². The molecule has 3 heterocycles. The first-order valence-corrected chi connectivity index (χ1v) is 13.3. The van der Waals surface area contributed by atoms with Crippen molar-refractivity contribution in [3.05, 3.63) is 54.2 Å². The second kappa shape index (κ2) is 9.67. The van der Waals surface area contributed by atoms with Gasteiger partial charge in [0, 0.05) is 49.5 Å². The van der Waals surface area contributed by atoms with Crippen molar-refractivity contribution in [2.45, 2.75) is 51.7 Å². The Kier molecular flexibility index (Phi) is 6.20. The van der Waals surface area contributed by atoms with E-state index in [-0.39, 0.29) is 11.9 Å². The first-order valence-electron chi connectivity index (χ1n) is 13.3. The van der Waals surface area contributed by atoms with Crippen molar-refractivity contribution < 1.29 is 9.53 Å². The summed E-state index contributed by atoms with van der Waals surface area (Å²) in [7, 11) is 1.64. The number of rotatable bonds is 7. The van der Waals surface area contributed by atoms with Gasteiger partial charge < -0.3 is 24.5 Å². The number of amides is 1. The van der Waals surface area contributed by atoms with Crippen LogP contribution in [0.4, 0.5) is 0 Å². The van der Waals surface area contributed by atoms with Crippen LogP contribution < -0.4 is 10.5 Å². The van der Waals surface area contributed by atoms with Crippen molar-refractivity contribution in [2.24, 2.45) is 11.7 Å². The molecule has 0 radical (unpaired) electrons. The summed E-state index contributed by atoms with van der Waals surface area (Å²) in [5.41, 5.74) is 10.3. The second-order valence-corrected chi connectivity index (χ2v) is 10.3. The highest BCUT2D eigenvalue weighted by Gasteiger charge is 2.27. The van der Waals surface area contributed by atoms with Crippen LogP contribution in [-0.2, 0) is 13.1 Å². The van der Waals surface area contributed by atoms with E-state index in [2.05, 4.69) is 34.4 Å². The number of aryl methyl sites for hydroxylation is 1. The van der Waals surface area contributed by atoms with Crippen LogP contribution in [-0.4, -0.2) is 56.2 Å². The molecule has 2 aliphatic rings. The summed E-state index contributed by atoms with van der Waals surface area (Å²) in [5.74, 6) is 3.08. The molecule has 2 fully saturated rings. The van der Waals surface area contributed by atoms with Crippen LogP contribution in [0.15, 0.2) is 48.7 Å². The number of aromatic nitrogens is 4. The number of hydrogen-bond acceptors (Lipinski definition) is 5. The maximum atomic E-state index is 13.4. The summed E-state index contributed by atoms with van der Waals surface area (Å²) in [6.45, 7) is 5.06. The topological polar surface area (TPSA) is 91.2 Å². The molecule has 8 heteroatoms. The van der Waals surface area contributed by atoms with Gasteiger partial charge in [0.05, 0.1) is 12.6 Å². The zero-order chi connectivity index (χ0) is 25.5. The number of ether oxygens (including phenoxy) is 1. The van der Waals surface area contributed by atoms with Crippen LogP contribution in [0.5, 0.6) is 5.75 Å². The summed E-state index contributed by atoms with van der Waals surface area (Å²) in [4.78, 5) is 25.3. The van der Waals surface area contributed by atoms with Crippen molar-refractivity contribution >= 4 is 16.9 Å². The average molecular weight is 499 g/mol. The lowest BCUT2D eigenvalue weighted by Crippen LogP contribution is -2.45. The van der Waals surface area contributed by atoms with E-state index >= 15 is 0 Å². The quantitative estimate of drug-likeness (QED) is 0.403. The smallest absolute Gasteiger partial charge is 0.254 e. The number of likely N-dealkylation sites (tertiary alicyclic amines) is 1. The SMILES string of the molecule is CCn1c(-c2cn(CC3CC3)c(-c3ccccc3)n2)nc2cc(C(=O)N3CCC[C@@H](N)C3)cc(OC)c21. The molecule has 0 bridgehead atoms. The van der Waals surface area contributed by atoms with Crippen molar-refractivity contribution in [3.63, 3.8) is 0 Å². The highest BCUT2D eigenvalue weighted by atomic mass is 16.5. The Balaban J connectivity index is 1.44. The Morgan fingerprint density at radius 3 is 2.62 bits per heavy atom. The predicted octanol–water partition coefficient (Wildman–Crippen LogP) is 4.57. The predicted molar refractivity (Wildman–Crippen MR) is 144 cm³/mol. The van der Waals surface area contributed by atoms with Crippen LogP contribution in [0.1, 0.15) is 43.0 Å². The number of imidazole rings is 2. The molecule has 2 aromatic carbocycles. The number of nitrogens with two attached hydrogens (primary N) is 1. The maximum Gasteiger partial charge on any atom is 0.254 e. The molecule has 1 aliphatic carbocycles. The van der Waals surface area contributed by atoms with E-state index in [9.17, 15) is 4.79 Å². The van der Waals surface area contributed by atoms with Crippen LogP contribution in [0.25, 0.3) is 33.9 Å². The van der Waals surface area contributed by atoms with Gasteiger partial charge in [-0.15, -0.1) is 0 Å². The normalized spacial score (nSPS) is 17.9. The molecule has 6 rings (SSSR count). The van der Waals surface area contributed by atoms with Crippen molar-refractivity contribution in [1.82, 2.24) is 24.0 Å². The third-order valence-corrected chi connectivity index (χ3v) is 7.52. The summed E-state index contributed by atoms with van der Waals surface area (Å²) in [6.07, 6.45) is 6.54. The number of hydrogen-bond donors (Lipinski definition) is 1. The Bertz CT molecular complexity index is 1440. The fourth-order valence-electron chi connectivity index (χ4n) is 5.45. The average Bonchev–Trinajstić information content (AvgIpc) is 3.52. The first kappa shape index (κ1) is 23.7. The van der Waals surface area contributed by atoms with Crippen molar-refractivity contribution in [3.8, 4) is 28.7 Å². The number of carbonyl (C=O) groups is 1. The minimum Gasteiger partial charge on any atom is -0.494 e. The Labute approximate surface area is 217 Å². The number of carbonyl (C=O) groups excluding carboxylic acids is 1. The number of nitrogens with zero attached hydrogens (tertiary/aromatic N) is 5. The van der Waals surface area contributed by atoms with Gasteiger partial charge in [-0.05, 0) is 50.7 Å². The summed E-state index contributed by atoms with van der Waals surface area (Å²) in [6, 6.07) is 14.1. The molecule has 1 atom stereocenters. The standard InChI is InChI=1S/C29H34N6O2/c1-3-35-26-23(14-21(15-25(26)37-2)29(36)33-13-7-10-22(30)17-33)31-28(35)24-18-34(16-19-11-12-19)27(32-24)20-8-5-4-6-9-20/h4-6,8-9,14-15,18-19,22H,3,7,10-13,16-17,30H2,1-2H3/t22-/m1/s1. The van der Waals surface area contributed by atoms with Gasteiger partial charge in [0.15, 0.2) is 5.82 Å². The molecule has 1 amide bonds. The summed E-state index contributed by atoms with van der Waals surface area (Å²) < 4.78 is 10.2. The Hall–Kier alpha value is -3.65. The van der Waals surface area contributed by atoms with E-state index in [1.165, 1.54) is 12.8 Å². The number of benzene rings is 2. The molecule has 192 valence electrons. The molecule has 37 heavy (non-hydrogen) atoms. The zero-order valence-electron chi connectivity index (χ0n) is 21.6. The number of methoxy groups -OCH3 is 1. The second-order valence-electron chi connectivity index (χ2n) is 10.3. The Morgan fingerprint density at radius 2 is 1.92 bits per heavy atom. The highest BCUT2D eigenvalue weighted by Crippen LogP contribution is 2.36. The molecule has 0 unspecified atom stereocenters. The number of piperidine rings is 1. The van der Waals surface area contributed by atoms with Crippen molar-refractivity contribution in [2.75, 3.05) is 20.2 Å². The fraction of sp³-hybridized carbons (Fsp3) is 0.414. The van der Waals surface area contributed by atoms with Gasteiger partial charge >= 0.3 is 0 Å². The molecule has 1 saturated heterocycles. The van der Waals surface area contributed by atoms with Crippen LogP contribution in [0, 0.1) is 5.92 Å².